The fourth-order valence-electron chi connectivity index (χ4n) is 1.73. The number of sulfonamides is 1. The normalized spacial score (nSPS) is 11.5. The van der Waals surface area contributed by atoms with Crippen LogP contribution in [0.2, 0.25) is 10.0 Å². The van der Waals surface area contributed by atoms with Crippen molar-refractivity contribution in [3.8, 4) is 0 Å². The summed E-state index contributed by atoms with van der Waals surface area (Å²) in [6.07, 6.45) is 0.963. The third-order valence-electron chi connectivity index (χ3n) is 2.88. The van der Waals surface area contributed by atoms with Gasteiger partial charge in [-0.1, -0.05) is 23.2 Å². The number of aromatic nitrogens is 2. The molecule has 0 fully saturated rings. The molecule has 1 heterocycles. The van der Waals surface area contributed by atoms with E-state index in [1.54, 1.807) is 0 Å². The Hall–Kier alpha value is -1.77. The quantitative estimate of drug-likeness (QED) is 0.886. The van der Waals surface area contributed by atoms with Crippen LogP contribution in [0.4, 0.5) is 5.69 Å². The van der Waals surface area contributed by atoms with E-state index in [1.165, 1.54) is 32.3 Å². The van der Waals surface area contributed by atoms with E-state index in [-0.39, 0.29) is 15.7 Å². The fourth-order valence-corrected chi connectivity index (χ4v) is 3.24. The van der Waals surface area contributed by atoms with Gasteiger partial charge < -0.3 is 4.57 Å². The van der Waals surface area contributed by atoms with Crippen LogP contribution in [0.1, 0.15) is 0 Å². The maximum absolute atomic E-state index is 12.3. The second-order valence-electron chi connectivity index (χ2n) is 4.49. The lowest BCUT2D eigenvalue weighted by Gasteiger charge is -2.10. The number of anilines is 1. The third-order valence-corrected chi connectivity index (χ3v) is 4.98. The van der Waals surface area contributed by atoms with Gasteiger partial charge in [0.15, 0.2) is 4.90 Å². The van der Waals surface area contributed by atoms with Gasteiger partial charge in [-0.05, 0) is 18.2 Å². The first-order valence-corrected chi connectivity index (χ1v) is 8.12. The molecule has 0 spiro atoms. The molecule has 0 aliphatic carbocycles. The highest BCUT2D eigenvalue weighted by Gasteiger charge is 2.21. The average molecular weight is 364 g/mol. The largest absolute Gasteiger partial charge is 0.330 e. The van der Waals surface area contributed by atoms with Crippen molar-refractivity contribution < 1.29 is 8.42 Å². The number of nitrogens with one attached hydrogen (secondary N) is 1. The summed E-state index contributed by atoms with van der Waals surface area (Å²) in [7, 11) is -1.64. The standard InChI is InChI=1S/C12H11Cl2N3O4S/c1-16-6-10(11(18)17(2)12(16)19)22(20,21)15-7-3-4-8(13)9(14)5-7/h3-6,15H,1-2H3. The number of hydrogen-bond donors (Lipinski definition) is 1. The third kappa shape index (κ3) is 3.03. The summed E-state index contributed by atoms with van der Waals surface area (Å²) in [6.45, 7) is 0. The molecule has 2 rings (SSSR count). The molecule has 1 aromatic carbocycles. The van der Waals surface area contributed by atoms with Gasteiger partial charge in [0.25, 0.3) is 15.6 Å². The molecule has 0 atom stereocenters. The lowest BCUT2D eigenvalue weighted by molar-refractivity contribution is 0.589. The van der Waals surface area contributed by atoms with Gasteiger partial charge in [0.1, 0.15) is 0 Å². The van der Waals surface area contributed by atoms with Gasteiger partial charge in [-0.3, -0.25) is 14.1 Å². The predicted molar refractivity (Wildman–Crippen MR) is 84.2 cm³/mol. The van der Waals surface area contributed by atoms with Gasteiger partial charge in [-0.25, -0.2) is 13.2 Å². The lowest BCUT2D eigenvalue weighted by Crippen LogP contribution is -2.40. The molecule has 2 aromatic rings. The summed E-state index contributed by atoms with van der Waals surface area (Å²) >= 11 is 11.6. The Morgan fingerprint density at radius 3 is 2.32 bits per heavy atom. The van der Waals surface area contributed by atoms with Crippen LogP contribution in [0, 0.1) is 0 Å². The molecule has 7 nitrogen and oxygen atoms in total. The van der Waals surface area contributed by atoms with Crippen LogP contribution in [0.5, 0.6) is 0 Å². The molecule has 0 saturated heterocycles. The zero-order chi connectivity index (χ0) is 16.7. The molecule has 0 aliphatic heterocycles. The van der Waals surface area contributed by atoms with E-state index < -0.39 is 26.2 Å². The van der Waals surface area contributed by atoms with E-state index in [1.807, 2.05) is 0 Å². The van der Waals surface area contributed by atoms with Crippen molar-refractivity contribution in [2.75, 3.05) is 4.72 Å². The summed E-state index contributed by atoms with van der Waals surface area (Å²) in [4.78, 5) is 23.0. The van der Waals surface area contributed by atoms with Crippen LogP contribution >= 0.6 is 23.2 Å². The number of aryl methyl sites for hydroxylation is 1. The Balaban J connectivity index is 2.54. The fraction of sp³-hybridized carbons (Fsp3) is 0.167. The minimum absolute atomic E-state index is 0.144. The SMILES string of the molecule is Cn1cc(S(=O)(=O)Nc2ccc(Cl)c(Cl)c2)c(=O)n(C)c1=O. The first kappa shape index (κ1) is 16.6. The molecule has 1 N–H and O–H groups in total. The summed E-state index contributed by atoms with van der Waals surface area (Å²) in [6, 6.07) is 4.13. The highest BCUT2D eigenvalue weighted by molar-refractivity contribution is 7.92. The Bertz CT molecular complexity index is 963. The van der Waals surface area contributed by atoms with Crippen molar-refractivity contribution in [3.05, 3.63) is 55.3 Å². The zero-order valence-corrected chi connectivity index (χ0v) is 13.8. The number of nitrogens with zero attached hydrogens (tertiary/aromatic N) is 2. The Labute approximate surface area is 135 Å². The number of benzene rings is 1. The van der Waals surface area contributed by atoms with E-state index in [0.717, 1.165) is 10.8 Å². The predicted octanol–water partition coefficient (Wildman–Crippen LogP) is 1.19. The van der Waals surface area contributed by atoms with Crippen molar-refractivity contribution in [1.29, 1.82) is 0 Å². The number of hydrogen-bond acceptors (Lipinski definition) is 4. The van der Waals surface area contributed by atoms with Crippen LogP contribution in [0.15, 0.2) is 38.9 Å². The molecule has 0 bridgehead atoms. The minimum Gasteiger partial charge on any atom is -0.302 e. The molecule has 0 amide bonds. The molecular formula is C12H11Cl2N3O4S. The van der Waals surface area contributed by atoms with Crippen LogP contribution in [-0.2, 0) is 24.1 Å². The molecule has 10 heteroatoms. The van der Waals surface area contributed by atoms with Crippen LogP contribution in [0.25, 0.3) is 0 Å². The van der Waals surface area contributed by atoms with E-state index in [4.69, 9.17) is 23.2 Å². The molecular weight excluding hydrogens is 353 g/mol. The summed E-state index contributed by atoms with van der Waals surface area (Å²) in [5, 5.41) is 0.429. The Morgan fingerprint density at radius 2 is 1.73 bits per heavy atom. The number of halogens is 2. The molecule has 0 unspecified atom stereocenters. The van der Waals surface area contributed by atoms with Gasteiger partial charge in [-0.15, -0.1) is 0 Å². The summed E-state index contributed by atoms with van der Waals surface area (Å²) in [5.41, 5.74) is -1.40. The van der Waals surface area contributed by atoms with E-state index >= 15 is 0 Å². The van der Waals surface area contributed by atoms with E-state index in [0.29, 0.717) is 4.57 Å². The van der Waals surface area contributed by atoms with Crippen molar-refractivity contribution in [1.82, 2.24) is 9.13 Å². The lowest BCUT2D eigenvalue weighted by atomic mass is 10.3. The second kappa shape index (κ2) is 5.79. The number of rotatable bonds is 3. The van der Waals surface area contributed by atoms with Crippen molar-refractivity contribution in [3.63, 3.8) is 0 Å². The topological polar surface area (TPSA) is 90.2 Å². The van der Waals surface area contributed by atoms with Crippen molar-refractivity contribution >= 4 is 38.9 Å². The molecule has 1 aromatic heterocycles. The molecule has 0 aliphatic rings. The van der Waals surface area contributed by atoms with Gasteiger partial charge in [-0.2, -0.15) is 0 Å². The van der Waals surface area contributed by atoms with E-state index in [9.17, 15) is 18.0 Å². The second-order valence-corrected chi connectivity index (χ2v) is 6.95. The monoisotopic (exact) mass is 363 g/mol. The summed E-state index contributed by atoms with van der Waals surface area (Å²) < 4.78 is 28.6. The molecule has 118 valence electrons. The Kier molecular flexibility index (Phi) is 4.37. The minimum atomic E-state index is -4.18. The van der Waals surface area contributed by atoms with Gasteiger partial charge in [0.05, 0.1) is 15.7 Å². The highest BCUT2D eigenvalue weighted by Crippen LogP contribution is 2.26. The smallest absolute Gasteiger partial charge is 0.302 e. The first-order chi connectivity index (χ1) is 10.1. The maximum atomic E-state index is 12.3. The molecule has 0 saturated carbocycles. The van der Waals surface area contributed by atoms with Gasteiger partial charge in [0, 0.05) is 20.3 Å². The Morgan fingerprint density at radius 1 is 1.09 bits per heavy atom. The van der Waals surface area contributed by atoms with Crippen molar-refractivity contribution in [2.45, 2.75) is 4.90 Å². The van der Waals surface area contributed by atoms with E-state index in [2.05, 4.69) is 4.72 Å². The van der Waals surface area contributed by atoms with Gasteiger partial charge >= 0.3 is 5.69 Å². The summed E-state index contributed by atoms with van der Waals surface area (Å²) in [5.74, 6) is 0. The maximum Gasteiger partial charge on any atom is 0.330 e. The van der Waals surface area contributed by atoms with Crippen LogP contribution < -0.4 is 16.0 Å². The highest BCUT2D eigenvalue weighted by atomic mass is 35.5. The van der Waals surface area contributed by atoms with Gasteiger partial charge in [0.2, 0.25) is 0 Å². The first-order valence-electron chi connectivity index (χ1n) is 5.88. The van der Waals surface area contributed by atoms with Crippen molar-refractivity contribution in [2.24, 2.45) is 14.1 Å². The zero-order valence-electron chi connectivity index (χ0n) is 11.5. The average Bonchev–Trinajstić information content (AvgIpc) is 2.44. The molecule has 0 radical (unpaired) electrons. The van der Waals surface area contributed by atoms with Crippen LogP contribution in [-0.4, -0.2) is 17.6 Å². The molecule has 22 heavy (non-hydrogen) atoms. The van der Waals surface area contributed by atoms with Crippen LogP contribution in [0.3, 0.4) is 0 Å².